The van der Waals surface area contributed by atoms with Gasteiger partial charge < -0.3 is 40.5 Å². The number of thiocarbonyl (C=S) groups is 2. The normalized spacial score (nSPS) is 11.4. The maximum atomic E-state index is 13.2. The van der Waals surface area contributed by atoms with Gasteiger partial charge in [-0.25, -0.2) is 9.59 Å². The molecule has 0 aliphatic heterocycles. The lowest BCUT2D eigenvalue weighted by Crippen LogP contribution is -2.41. The van der Waals surface area contributed by atoms with Crippen molar-refractivity contribution >= 4 is 46.8 Å². The lowest BCUT2D eigenvalue weighted by atomic mass is 9.99. The predicted octanol–water partition coefficient (Wildman–Crippen LogP) is 10.7. The Hall–Kier alpha value is -5.20. The largest absolute Gasteiger partial charge is 0.444 e. The first kappa shape index (κ1) is 50.4. The van der Waals surface area contributed by atoms with Crippen LogP contribution in [0.1, 0.15) is 121 Å². The highest BCUT2D eigenvalue weighted by atomic mass is 32.1. The highest BCUT2D eigenvalue weighted by Crippen LogP contribution is 2.23. The molecule has 0 aliphatic carbocycles. The Kier molecular flexibility index (Phi) is 21.2. The summed E-state index contributed by atoms with van der Waals surface area (Å²) in [5.74, 6) is 0. The summed E-state index contributed by atoms with van der Waals surface area (Å²) in [4.78, 5) is 30.1. The maximum absolute atomic E-state index is 13.2. The smallest absolute Gasteiger partial charge is 0.410 e. The number of amides is 2. The second-order valence-electron chi connectivity index (χ2n) is 17.7. The summed E-state index contributed by atoms with van der Waals surface area (Å²) in [7, 11) is 0. The molecule has 0 aromatic heterocycles. The van der Waals surface area contributed by atoms with Crippen molar-refractivity contribution in [1.29, 1.82) is 0 Å². The molecule has 12 heteroatoms. The topological polar surface area (TPSA) is 107 Å². The molecule has 0 saturated heterocycles. The molecular formula is C51H70N6O4S2. The van der Waals surface area contributed by atoms with Crippen LogP contribution in [0, 0.1) is 0 Å². The molecule has 0 heterocycles. The Bertz CT molecular complexity index is 1720. The highest BCUT2D eigenvalue weighted by molar-refractivity contribution is 7.80. The van der Waals surface area contributed by atoms with Gasteiger partial charge in [0, 0.05) is 39.3 Å². The Morgan fingerprint density at radius 3 is 1.02 bits per heavy atom. The van der Waals surface area contributed by atoms with E-state index >= 15 is 0 Å². The zero-order chi connectivity index (χ0) is 45.5. The summed E-state index contributed by atoms with van der Waals surface area (Å²) in [5, 5.41) is 14.8. The van der Waals surface area contributed by atoms with Gasteiger partial charge in [-0.3, -0.25) is 0 Å². The number of hydrogen-bond acceptors (Lipinski definition) is 6. The van der Waals surface area contributed by atoms with E-state index in [0.717, 1.165) is 54.4 Å². The summed E-state index contributed by atoms with van der Waals surface area (Å²) in [6, 6.07) is 40.8. The van der Waals surface area contributed by atoms with E-state index in [2.05, 4.69) is 69.8 Å². The summed E-state index contributed by atoms with van der Waals surface area (Å²) in [6.07, 6.45) is 5.43. The Morgan fingerprint density at radius 2 is 0.730 bits per heavy atom. The van der Waals surface area contributed by atoms with Crippen LogP contribution in [0.4, 0.5) is 9.59 Å². The fraction of sp³-hybridized carbons (Fsp3) is 0.451. The molecule has 4 aromatic carbocycles. The highest BCUT2D eigenvalue weighted by Gasteiger charge is 2.24. The second kappa shape index (κ2) is 26.4. The van der Waals surface area contributed by atoms with Gasteiger partial charge in [0.05, 0.1) is 12.1 Å². The van der Waals surface area contributed by atoms with E-state index in [1.807, 2.05) is 124 Å². The molecule has 0 atom stereocenters. The van der Waals surface area contributed by atoms with E-state index in [1.54, 1.807) is 0 Å². The third-order valence-corrected chi connectivity index (χ3v) is 10.5. The Balaban J connectivity index is 1.19. The third kappa shape index (κ3) is 19.8. The minimum Gasteiger partial charge on any atom is -0.444 e. The molecule has 0 saturated carbocycles. The van der Waals surface area contributed by atoms with E-state index in [1.165, 1.54) is 0 Å². The monoisotopic (exact) mass is 894 g/mol. The molecule has 4 rings (SSSR count). The first-order chi connectivity index (χ1) is 30.2. The van der Waals surface area contributed by atoms with Gasteiger partial charge >= 0.3 is 12.2 Å². The van der Waals surface area contributed by atoms with Crippen LogP contribution in [0.3, 0.4) is 0 Å². The van der Waals surface area contributed by atoms with Crippen molar-refractivity contribution in [3.05, 3.63) is 144 Å². The second-order valence-corrected chi connectivity index (χ2v) is 18.5. The minimum absolute atomic E-state index is 0.0830. The molecule has 4 N–H and O–H groups in total. The van der Waals surface area contributed by atoms with E-state index in [-0.39, 0.29) is 24.3 Å². The van der Waals surface area contributed by atoms with Crippen molar-refractivity contribution in [3.63, 3.8) is 0 Å². The van der Waals surface area contributed by atoms with Gasteiger partial charge in [-0.2, -0.15) is 0 Å². The van der Waals surface area contributed by atoms with Crippen LogP contribution in [0.25, 0.3) is 0 Å². The van der Waals surface area contributed by atoms with Crippen molar-refractivity contribution in [2.75, 3.05) is 39.3 Å². The molecule has 0 fully saturated rings. The van der Waals surface area contributed by atoms with Crippen molar-refractivity contribution in [2.24, 2.45) is 0 Å². The van der Waals surface area contributed by atoms with E-state index in [4.69, 9.17) is 33.9 Å². The first-order valence-electron chi connectivity index (χ1n) is 22.4. The van der Waals surface area contributed by atoms with E-state index in [0.29, 0.717) is 62.3 Å². The number of unbranched alkanes of at least 4 members (excludes halogenated alkanes) is 4. The predicted molar refractivity (Wildman–Crippen MR) is 265 cm³/mol. The molecule has 0 spiro atoms. The summed E-state index contributed by atoms with van der Waals surface area (Å²) >= 11 is 11.4. The molecule has 0 unspecified atom stereocenters. The van der Waals surface area contributed by atoms with Gasteiger partial charge in [0.15, 0.2) is 10.2 Å². The van der Waals surface area contributed by atoms with Gasteiger partial charge in [-0.1, -0.05) is 141 Å². The Labute approximate surface area is 387 Å². The molecule has 2 amide bonds. The zero-order valence-corrected chi connectivity index (χ0v) is 39.9. The van der Waals surface area contributed by atoms with Crippen LogP contribution in [0.2, 0.25) is 0 Å². The first-order valence-corrected chi connectivity index (χ1v) is 23.2. The van der Waals surface area contributed by atoms with Gasteiger partial charge in [0.2, 0.25) is 0 Å². The quantitative estimate of drug-likeness (QED) is 0.0450. The van der Waals surface area contributed by atoms with Crippen LogP contribution in [-0.2, 0) is 9.47 Å². The number of nitrogens with zero attached hydrogens (tertiary/aromatic N) is 2. The number of carbonyl (C=O) groups excluding carboxylic acids is 2. The summed E-state index contributed by atoms with van der Waals surface area (Å²) in [5.41, 5.74) is 3.32. The fourth-order valence-corrected chi connectivity index (χ4v) is 7.43. The van der Waals surface area contributed by atoms with Crippen LogP contribution in [0.5, 0.6) is 0 Å². The molecule has 10 nitrogen and oxygen atoms in total. The number of benzene rings is 4. The van der Waals surface area contributed by atoms with Crippen LogP contribution >= 0.6 is 24.4 Å². The van der Waals surface area contributed by atoms with Gasteiger partial charge in [-0.05, 0) is 114 Å². The lowest BCUT2D eigenvalue weighted by molar-refractivity contribution is 0.0238. The SMILES string of the molecule is CC(C)(C)OC(=O)N(CCCCCCCN(CCCNC(=S)NC(c1ccccc1)c1ccccc1)C(=O)OC(C)(C)C)CCCNC(=S)NC(c1ccccc1)c1ccccc1. The van der Waals surface area contributed by atoms with Gasteiger partial charge in [0.1, 0.15) is 11.2 Å². The molecule has 0 radical (unpaired) electrons. The molecule has 4 aromatic rings. The number of hydrogen-bond donors (Lipinski definition) is 4. The van der Waals surface area contributed by atoms with Gasteiger partial charge in [-0.15, -0.1) is 0 Å². The number of nitrogens with one attached hydrogen (secondary N) is 4. The molecule has 0 aliphatic rings. The molecular weight excluding hydrogens is 825 g/mol. The van der Waals surface area contributed by atoms with Crippen molar-refractivity contribution in [2.45, 2.75) is 110 Å². The van der Waals surface area contributed by atoms with Crippen molar-refractivity contribution in [1.82, 2.24) is 31.1 Å². The zero-order valence-electron chi connectivity index (χ0n) is 38.2. The average Bonchev–Trinajstić information content (AvgIpc) is 3.25. The summed E-state index contributed by atoms with van der Waals surface area (Å²) < 4.78 is 11.6. The molecule has 0 bridgehead atoms. The molecule has 63 heavy (non-hydrogen) atoms. The fourth-order valence-electron chi connectivity index (χ4n) is 6.99. The van der Waals surface area contributed by atoms with Gasteiger partial charge in [0.25, 0.3) is 0 Å². The van der Waals surface area contributed by atoms with E-state index < -0.39 is 11.2 Å². The minimum atomic E-state index is -0.588. The molecule has 340 valence electrons. The average molecular weight is 895 g/mol. The number of rotatable bonds is 22. The number of ether oxygens (including phenoxy) is 2. The van der Waals surface area contributed by atoms with Crippen molar-refractivity contribution in [3.8, 4) is 0 Å². The van der Waals surface area contributed by atoms with Crippen molar-refractivity contribution < 1.29 is 19.1 Å². The Morgan fingerprint density at radius 1 is 0.460 bits per heavy atom. The maximum Gasteiger partial charge on any atom is 0.410 e. The lowest BCUT2D eigenvalue weighted by Gasteiger charge is -2.28. The van der Waals surface area contributed by atoms with Crippen LogP contribution in [0.15, 0.2) is 121 Å². The van der Waals surface area contributed by atoms with Crippen LogP contribution in [-0.4, -0.2) is 82.7 Å². The third-order valence-electron chi connectivity index (χ3n) is 10.0. The summed E-state index contributed by atoms with van der Waals surface area (Å²) in [6.45, 7) is 14.9. The standard InChI is InChI=1S/C51H70N6O4S2/c1-50(2,3)60-48(58)56(38-24-34-52-46(62)54-44(40-26-14-10-15-27-40)41-28-16-11-17-29-41)36-22-8-7-9-23-37-57(49(59)61-51(4,5)6)39-25-35-53-47(63)55-45(42-30-18-12-19-31-42)43-32-20-13-21-33-43/h10-21,26-33,44-45H,7-9,22-25,34-39H2,1-6H3,(H2,52,54,62)(H2,53,55,63). The number of carbonyl (C=O) groups is 2. The van der Waals surface area contributed by atoms with E-state index in [9.17, 15) is 9.59 Å². The van der Waals surface area contributed by atoms with Crippen LogP contribution < -0.4 is 21.3 Å².